The molecule has 0 aliphatic rings. The molecule has 21 heavy (non-hydrogen) atoms. The highest BCUT2D eigenvalue weighted by atomic mass is 127. The van der Waals surface area contributed by atoms with Crippen molar-refractivity contribution in [2.75, 3.05) is 0 Å². The molecule has 0 aliphatic carbocycles. The van der Waals surface area contributed by atoms with Crippen LogP contribution in [0.15, 0.2) is 18.3 Å². The highest BCUT2D eigenvalue weighted by molar-refractivity contribution is 14.1. The summed E-state index contributed by atoms with van der Waals surface area (Å²) in [6.45, 7) is 0. The molecule has 0 radical (unpaired) electrons. The van der Waals surface area contributed by atoms with Gasteiger partial charge in [0.1, 0.15) is 0 Å². The Kier molecular flexibility index (Phi) is 6.38. The molecule has 0 fully saturated rings. The van der Waals surface area contributed by atoms with Gasteiger partial charge in [0.25, 0.3) is 5.95 Å². The lowest BCUT2D eigenvalue weighted by Gasteiger charge is -1.95. The minimum atomic E-state index is -1.23. The minimum Gasteiger partial charge on any atom is -0.503 e. The van der Waals surface area contributed by atoms with Crippen molar-refractivity contribution in [3.05, 3.63) is 47.5 Å². The molecule has 0 amide bonds. The van der Waals surface area contributed by atoms with Crippen molar-refractivity contribution in [3.63, 3.8) is 0 Å². The zero-order valence-electron chi connectivity index (χ0n) is 9.80. The van der Waals surface area contributed by atoms with E-state index in [1.165, 1.54) is 12.3 Å². The third-order valence-corrected chi connectivity index (χ3v) is 3.60. The second-order valence-corrected chi connectivity index (χ2v) is 5.62. The van der Waals surface area contributed by atoms with E-state index >= 15 is 0 Å². The molecule has 0 bridgehead atoms. The number of halogens is 4. The van der Waals surface area contributed by atoms with Crippen LogP contribution >= 0.6 is 45.2 Å². The maximum Gasteiger partial charge on any atom is 0.368 e. The average Bonchev–Trinajstić information content (AvgIpc) is 2.42. The first kappa shape index (κ1) is 17.7. The lowest BCUT2D eigenvalue weighted by Crippen LogP contribution is -1.96. The van der Waals surface area contributed by atoms with E-state index in [2.05, 4.69) is 9.97 Å². The van der Waals surface area contributed by atoms with E-state index in [1.807, 2.05) is 22.6 Å². The fourth-order valence-corrected chi connectivity index (χ4v) is 1.85. The van der Waals surface area contributed by atoms with E-state index in [0.29, 0.717) is 3.57 Å². The van der Waals surface area contributed by atoms with Crippen LogP contribution in [0.2, 0.25) is 0 Å². The molecule has 2 N–H and O–H groups in total. The number of aromatic nitrogens is 2. The Hall–Kier alpha value is -1.38. The topological polar surface area (TPSA) is 109 Å². The Morgan fingerprint density at radius 2 is 1.71 bits per heavy atom. The Bertz CT molecular complexity index is 644. The highest BCUT2D eigenvalue weighted by Crippen LogP contribution is 2.24. The number of nitro groups is 1. The molecule has 0 atom stereocenters. The fraction of sp³-hybridized carbons (Fsp3) is 0. The van der Waals surface area contributed by atoms with Gasteiger partial charge >= 0.3 is 11.8 Å². The summed E-state index contributed by atoms with van der Waals surface area (Å²) < 4.78 is 25.3. The molecule has 0 aliphatic heterocycles. The number of hydrogen-bond donors (Lipinski definition) is 2. The molecule has 112 valence electrons. The number of aromatic hydroxyl groups is 2. The lowest BCUT2D eigenvalue weighted by molar-refractivity contribution is -0.390. The van der Waals surface area contributed by atoms with Gasteiger partial charge < -0.3 is 20.3 Å². The molecular formula is C10H5F2I2N3O4. The van der Waals surface area contributed by atoms with Crippen molar-refractivity contribution in [2.24, 2.45) is 0 Å². The maximum absolute atomic E-state index is 12.5. The van der Waals surface area contributed by atoms with Crippen LogP contribution in [0, 0.1) is 29.2 Å². The van der Waals surface area contributed by atoms with E-state index in [4.69, 9.17) is 10.2 Å². The lowest BCUT2D eigenvalue weighted by atomic mass is 10.4. The quantitative estimate of drug-likeness (QED) is 0.258. The molecule has 11 heteroatoms. The summed E-state index contributed by atoms with van der Waals surface area (Å²) in [6.07, 6.45) is 1.30. The molecule has 2 aromatic rings. The van der Waals surface area contributed by atoms with Crippen LogP contribution in [-0.4, -0.2) is 25.1 Å². The fourth-order valence-electron chi connectivity index (χ4n) is 0.966. The van der Waals surface area contributed by atoms with Crippen LogP contribution in [0.25, 0.3) is 0 Å². The number of nitrogens with zero attached hydrogens (tertiary/aromatic N) is 3. The largest absolute Gasteiger partial charge is 0.503 e. The molecular weight excluding hydrogens is 518 g/mol. The Labute approximate surface area is 143 Å². The first-order valence-electron chi connectivity index (χ1n) is 4.92. The van der Waals surface area contributed by atoms with Crippen LogP contribution in [0.3, 0.4) is 0 Å². The van der Waals surface area contributed by atoms with Crippen molar-refractivity contribution in [2.45, 2.75) is 0 Å². The first-order valence-corrected chi connectivity index (χ1v) is 7.08. The first-order chi connectivity index (χ1) is 9.73. The smallest absolute Gasteiger partial charge is 0.368 e. The molecule has 2 aromatic heterocycles. The SMILES string of the molecule is O=[N+]([O-])c1cc(I)c(O)c(F)n1.Oc1c(I)ccnc1F. The maximum atomic E-state index is 12.5. The Morgan fingerprint density at radius 1 is 1.14 bits per heavy atom. The summed E-state index contributed by atoms with van der Waals surface area (Å²) in [6, 6.07) is 2.51. The monoisotopic (exact) mass is 523 g/mol. The van der Waals surface area contributed by atoms with Crippen LogP contribution < -0.4 is 0 Å². The van der Waals surface area contributed by atoms with Gasteiger partial charge in [0.2, 0.25) is 5.75 Å². The van der Waals surface area contributed by atoms with Crippen LogP contribution in [0.1, 0.15) is 0 Å². The molecule has 0 spiro atoms. The molecule has 0 saturated carbocycles. The zero-order valence-corrected chi connectivity index (χ0v) is 14.1. The van der Waals surface area contributed by atoms with Crippen LogP contribution in [-0.2, 0) is 0 Å². The second kappa shape index (κ2) is 7.58. The number of rotatable bonds is 1. The summed E-state index contributed by atoms with van der Waals surface area (Å²) >= 11 is 3.39. The summed E-state index contributed by atoms with van der Waals surface area (Å²) in [4.78, 5) is 15.4. The van der Waals surface area contributed by atoms with E-state index in [1.54, 1.807) is 22.6 Å². The normalized spacial score (nSPS) is 9.71. The van der Waals surface area contributed by atoms with Gasteiger partial charge in [-0.2, -0.15) is 8.78 Å². The van der Waals surface area contributed by atoms with Crippen molar-refractivity contribution in [1.29, 1.82) is 0 Å². The molecule has 0 aromatic carbocycles. The van der Waals surface area contributed by atoms with Gasteiger partial charge in [-0.3, -0.25) is 0 Å². The van der Waals surface area contributed by atoms with Crippen LogP contribution in [0.4, 0.5) is 14.6 Å². The van der Waals surface area contributed by atoms with Gasteiger partial charge in [-0.1, -0.05) is 0 Å². The predicted molar refractivity (Wildman–Crippen MR) is 83.8 cm³/mol. The van der Waals surface area contributed by atoms with Crippen molar-refractivity contribution >= 4 is 51.0 Å². The molecule has 7 nitrogen and oxygen atoms in total. The van der Waals surface area contributed by atoms with Crippen LogP contribution in [0.5, 0.6) is 11.5 Å². The summed E-state index contributed by atoms with van der Waals surface area (Å²) in [7, 11) is 0. The predicted octanol–water partition coefficient (Wildman–Crippen LogP) is 2.97. The van der Waals surface area contributed by atoms with E-state index < -0.39 is 28.4 Å². The van der Waals surface area contributed by atoms with Gasteiger partial charge in [0, 0.05) is 6.20 Å². The van der Waals surface area contributed by atoms with Gasteiger partial charge in [0.15, 0.2) is 5.75 Å². The molecule has 2 heterocycles. The van der Waals surface area contributed by atoms with Gasteiger partial charge in [-0.15, -0.1) is 0 Å². The Morgan fingerprint density at radius 3 is 2.14 bits per heavy atom. The standard InChI is InChI=1S/C5H2FIN2O3.C5H3FINO/c6-5-4(10)2(7)1-3(8-5)9(11)12;6-5-4(9)3(7)1-2-8-5/h1,10H;1-2,9H. The van der Waals surface area contributed by atoms with Gasteiger partial charge in [-0.25, -0.2) is 4.98 Å². The van der Waals surface area contributed by atoms with Crippen molar-refractivity contribution in [1.82, 2.24) is 9.97 Å². The summed E-state index contributed by atoms with van der Waals surface area (Å²) in [5.74, 6) is -3.70. The third-order valence-electron chi connectivity index (χ3n) is 1.91. The summed E-state index contributed by atoms with van der Waals surface area (Å²) in [5.41, 5.74) is 0. The average molecular weight is 523 g/mol. The van der Waals surface area contributed by atoms with Crippen molar-refractivity contribution in [3.8, 4) is 11.5 Å². The zero-order chi connectivity index (χ0) is 16.2. The number of pyridine rings is 2. The molecule has 0 unspecified atom stereocenters. The van der Waals surface area contributed by atoms with Gasteiger partial charge in [-0.05, 0) is 61.2 Å². The third kappa shape index (κ3) is 4.83. The molecule has 2 rings (SSSR count). The number of hydrogen-bond acceptors (Lipinski definition) is 6. The Balaban J connectivity index is 0.000000219. The van der Waals surface area contributed by atoms with Gasteiger partial charge in [0.05, 0.1) is 13.2 Å². The van der Waals surface area contributed by atoms with Crippen molar-refractivity contribution < 1.29 is 23.9 Å². The second-order valence-electron chi connectivity index (χ2n) is 3.29. The van der Waals surface area contributed by atoms with E-state index in [0.717, 1.165) is 6.07 Å². The highest BCUT2D eigenvalue weighted by Gasteiger charge is 2.18. The van der Waals surface area contributed by atoms with E-state index in [9.17, 15) is 18.9 Å². The van der Waals surface area contributed by atoms with E-state index in [-0.39, 0.29) is 9.32 Å². The minimum absolute atomic E-state index is 0.0619. The summed E-state index contributed by atoms with van der Waals surface area (Å²) in [5, 5.41) is 27.7. The molecule has 0 saturated heterocycles.